The van der Waals surface area contributed by atoms with E-state index < -0.39 is 44.5 Å². The lowest BCUT2D eigenvalue weighted by Crippen LogP contribution is -2.50. The zero-order valence-electron chi connectivity index (χ0n) is 21.3. The van der Waals surface area contributed by atoms with Crippen molar-refractivity contribution in [3.63, 3.8) is 0 Å². The smallest absolute Gasteiger partial charge is 0.453 e. The van der Waals surface area contributed by atoms with Gasteiger partial charge in [0.05, 0.1) is 23.4 Å². The van der Waals surface area contributed by atoms with Gasteiger partial charge in [-0.3, -0.25) is 0 Å². The normalized spacial score (nSPS) is 14.0. The number of halogens is 3. The number of hydrazone groups is 1. The van der Waals surface area contributed by atoms with Gasteiger partial charge < -0.3 is 15.3 Å². The predicted octanol–water partition coefficient (Wildman–Crippen LogP) is 2.26. The number of ether oxygens (including phenoxy) is 2. The first-order valence-corrected chi connectivity index (χ1v) is 15.0. The fraction of sp³-hybridized carbons (Fsp3) is 0.200. The standard InChI is InChI=1S/C25H25F3N4O7S2/c1-40(34,35)32-21(14-16-5-4-6-17(13-16)15-31-29)23(39-24(33)25(26,27)28)38-19-11-9-18(10-12-19)20-7-2-3-8-22(20)41(30,36)37/h2-13,15,21,23,32H,14,29H2,1H3,(H2,30,36,37)/b31-15+. The van der Waals surface area contributed by atoms with Crippen LogP contribution in [0.4, 0.5) is 13.2 Å². The third-order valence-electron chi connectivity index (χ3n) is 5.39. The van der Waals surface area contributed by atoms with E-state index >= 15 is 0 Å². The molecule has 3 aromatic rings. The summed E-state index contributed by atoms with van der Waals surface area (Å²) in [5.41, 5.74) is 1.56. The molecule has 0 aliphatic heterocycles. The number of primary sulfonamides is 1. The highest BCUT2D eigenvalue weighted by Gasteiger charge is 2.44. The lowest BCUT2D eigenvalue weighted by atomic mass is 10.0. The van der Waals surface area contributed by atoms with Crippen LogP contribution < -0.4 is 20.4 Å². The van der Waals surface area contributed by atoms with Gasteiger partial charge in [0.25, 0.3) is 6.29 Å². The Balaban J connectivity index is 2.00. The molecule has 16 heteroatoms. The molecule has 0 amide bonds. The second-order valence-electron chi connectivity index (χ2n) is 8.68. The maximum Gasteiger partial charge on any atom is 0.491 e. The monoisotopic (exact) mass is 614 g/mol. The molecule has 0 fully saturated rings. The first-order valence-electron chi connectivity index (χ1n) is 11.5. The molecule has 5 N–H and O–H groups in total. The van der Waals surface area contributed by atoms with Crippen molar-refractivity contribution < 1.29 is 44.3 Å². The number of benzene rings is 3. The topological polar surface area (TPSA) is 180 Å². The maximum absolute atomic E-state index is 13.1. The molecule has 0 heterocycles. The van der Waals surface area contributed by atoms with Crippen LogP contribution in [-0.2, 0) is 36.0 Å². The van der Waals surface area contributed by atoms with Crippen LogP contribution in [0.15, 0.2) is 82.8 Å². The molecule has 0 radical (unpaired) electrons. The molecule has 0 aromatic heterocycles. The van der Waals surface area contributed by atoms with Crippen molar-refractivity contribution in [3.05, 3.63) is 83.9 Å². The summed E-state index contributed by atoms with van der Waals surface area (Å²) in [6.45, 7) is 0. The molecule has 2 atom stereocenters. The fourth-order valence-corrected chi connectivity index (χ4v) is 5.27. The van der Waals surface area contributed by atoms with Crippen LogP contribution in [0.5, 0.6) is 5.75 Å². The number of nitrogens with two attached hydrogens (primary N) is 2. The third kappa shape index (κ3) is 9.28. The van der Waals surface area contributed by atoms with E-state index in [0.717, 1.165) is 6.26 Å². The lowest BCUT2D eigenvalue weighted by Gasteiger charge is -2.28. The van der Waals surface area contributed by atoms with Crippen molar-refractivity contribution in [1.29, 1.82) is 0 Å². The van der Waals surface area contributed by atoms with E-state index in [0.29, 0.717) is 16.7 Å². The largest absolute Gasteiger partial charge is 0.491 e. The highest BCUT2D eigenvalue weighted by atomic mass is 32.2. The van der Waals surface area contributed by atoms with E-state index in [9.17, 15) is 34.8 Å². The van der Waals surface area contributed by atoms with Crippen molar-refractivity contribution in [2.24, 2.45) is 16.1 Å². The van der Waals surface area contributed by atoms with Gasteiger partial charge in [-0.15, -0.1) is 0 Å². The first-order chi connectivity index (χ1) is 19.1. The van der Waals surface area contributed by atoms with Gasteiger partial charge in [0.15, 0.2) is 0 Å². The number of hydrogen-bond acceptors (Lipinski definition) is 9. The van der Waals surface area contributed by atoms with E-state index in [2.05, 4.69) is 14.6 Å². The number of nitrogens with one attached hydrogen (secondary N) is 1. The summed E-state index contributed by atoms with van der Waals surface area (Å²) in [4.78, 5) is 11.6. The molecule has 3 aromatic carbocycles. The Labute approximate surface area is 234 Å². The number of alkyl halides is 3. The fourth-order valence-electron chi connectivity index (χ4n) is 3.77. The highest BCUT2D eigenvalue weighted by Crippen LogP contribution is 2.29. The molecule has 0 saturated carbocycles. The summed E-state index contributed by atoms with van der Waals surface area (Å²) in [6, 6.07) is 16.0. The minimum Gasteiger partial charge on any atom is -0.453 e. The van der Waals surface area contributed by atoms with E-state index in [-0.39, 0.29) is 22.6 Å². The second-order valence-corrected chi connectivity index (χ2v) is 12.0. The Morgan fingerprint density at radius 1 is 1.02 bits per heavy atom. The lowest BCUT2D eigenvalue weighted by molar-refractivity contribution is -0.218. The van der Waals surface area contributed by atoms with Crippen LogP contribution in [0.25, 0.3) is 11.1 Å². The summed E-state index contributed by atoms with van der Waals surface area (Å²) in [7, 11) is -8.13. The van der Waals surface area contributed by atoms with E-state index in [1.807, 2.05) is 0 Å². The minimum atomic E-state index is -5.41. The SMILES string of the molecule is CS(=O)(=O)NC(Cc1cccc(/C=N/N)c1)C(OC(=O)C(F)(F)F)Oc1ccc(-c2ccccc2S(N)(=O)=O)cc1. The maximum atomic E-state index is 13.1. The molecule has 41 heavy (non-hydrogen) atoms. The van der Waals surface area contributed by atoms with Crippen LogP contribution >= 0.6 is 0 Å². The quantitative estimate of drug-likeness (QED) is 0.0967. The number of nitrogens with zero attached hydrogens (tertiary/aromatic N) is 1. The minimum absolute atomic E-state index is 0.119. The van der Waals surface area contributed by atoms with Crippen LogP contribution in [0, 0.1) is 0 Å². The number of carbonyl (C=O) groups excluding carboxylic acids is 1. The molecule has 0 bridgehead atoms. The van der Waals surface area contributed by atoms with Crippen LogP contribution in [-0.4, -0.2) is 53.8 Å². The average molecular weight is 615 g/mol. The zero-order chi connectivity index (χ0) is 30.4. The highest BCUT2D eigenvalue weighted by molar-refractivity contribution is 7.89. The van der Waals surface area contributed by atoms with Gasteiger partial charge in [-0.25, -0.2) is 31.5 Å². The van der Waals surface area contributed by atoms with E-state index in [1.165, 1.54) is 48.7 Å². The van der Waals surface area contributed by atoms with Crippen molar-refractivity contribution >= 4 is 32.2 Å². The molecule has 3 rings (SSSR count). The summed E-state index contributed by atoms with van der Waals surface area (Å²) in [5.74, 6) is 2.43. The number of hydrogen-bond donors (Lipinski definition) is 3. The Kier molecular flexibility index (Phi) is 9.75. The Hall–Kier alpha value is -3.99. The van der Waals surface area contributed by atoms with Gasteiger partial charge in [0.1, 0.15) is 5.75 Å². The van der Waals surface area contributed by atoms with Gasteiger partial charge >= 0.3 is 12.1 Å². The zero-order valence-corrected chi connectivity index (χ0v) is 22.9. The van der Waals surface area contributed by atoms with Crippen LogP contribution in [0.2, 0.25) is 0 Å². The summed E-state index contributed by atoms with van der Waals surface area (Å²) >= 11 is 0. The molecule has 11 nitrogen and oxygen atoms in total. The van der Waals surface area contributed by atoms with Crippen molar-refractivity contribution in [2.45, 2.75) is 29.8 Å². The van der Waals surface area contributed by atoms with E-state index in [4.69, 9.17) is 15.7 Å². The van der Waals surface area contributed by atoms with Crippen LogP contribution in [0.3, 0.4) is 0 Å². The van der Waals surface area contributed by atoms with E-state index in [1.54, 1.807) is 30.3 Å². The average Bonchev–Trinajstić information content (AvgIpc) is 2.87. The van der Waals surface area contributed by atoms with Crippen molar-refractivity contribution in [1.82, 2.24) is 4.72 Å². The molecule has 0 spiro atoms. The molecule has 2 unspecified atom stereocenters. The number of rotatable bonds is 11. The molecular weight excluding hydrogens is 589 g/mol. The predicted molar refractivity (Wildman–Crippen MR) is 144 cm³/mol. The third-order valence-corrected chi connectivity index (χ3v) is 7.09. The Bertz CT molecular complexity index is 1630. The molecule has 0 aliphatic rings. The molecule has 220 valence electrons. The molecule has 0 aliphatic carbocycles. The second kappa shape index (κ2) is 12.7. The Morgan fingerprint density at radius 3 is 2.27 bits per heavy atom. The van der Waals surface area contributed by atoms with Crippen molar-refractivity contribution in [3.8, 4) is 16.9 Å². The first kappa shape index (κ1) is 31.5. The van der Waals surface area contributed by atoms with Crippen molar-refractivity contribution in [2.75, 3.05) is 6.26 Å². The number of sulfonamides is 2. The molecule has 0 saturated heterocycles. The van der Waals surface area contributed by atoms with Gasteiger partial charge in [0.2, 0.25) is 20.0 Å². The van der Waals surface area contributed by atoms with Gasteiger partial charge in [-0.05, 0) is 41.3 Å². The van der Waals surface area contributed by atoms with Gasteiger partial charge in [0, 0.05) is 5.56 Å². The molecular formula is C25H25F3N4O7S2. The number of carbonyl (C=O) groups is 1. The summed E-state index contributed by atoms with van der Waals surface area (Å²) in [6.07, 6.45) is -5.69. The summed E-state index contributed by atoms with van der Waals surface area (Å²) in [5, 5.41) is 8.68. The number of esters is 1. The van der Waals surface area contributed by atoms with Crippen LogP contribution in [0.1, 0.15) is 11.1 Å². The van der Waals surface area contributed by atoms with Gasteiger partial charge in [-0.1, -0.05) is 54.6 Å². The Morgan fingerprint density at radius 2 is 1.68 bits per heavy atom. The summed E-state index contributed by atoms with van der Waals surface area (Å²) < 4.78 is 99.9. The van der Waals surface area contributed by atoms with Gasteiger partial charge in [-0.2, -0.15) is 18.3 Å².